The summed E-state index contributed by atoms with van der Waals surface area (Å²) >= 11 is 11.2. The molecule has 0 unspecified atom stereocenters. The molecule has 0 radical (unpaired) electrons. The fraction of sp³-hybridized carbons (Fsp3) is 0.238. The van der Waals surface area contributed by atoms with Crippen LogP contribution in [0.2, 0.25) is 10.0 Å². The predicted molar refractivity (Wildman–Crippen MR) is 127 cm³/mol. The van der Waals surface area contributed by atoms with Gasteiger partial charge in [-0.3, -0.25) is 19.2 Å². The van der Waals surface area contributed by atoms with Gasteiger partial charge in [0.1, 0.15) is 12.0 Å². The fourth-order valence-corrected chi connectivity index (χ4v) is 2.10. The molecule has 0 fully saturated rings. The molecule has 35 heavy (non-hydrogen) atoms. The van der Waals surface area contributed by atoms with Crippen molar-refractivity contribution >= 4 is 58.1 Å². The number of rotatable bonds is 8. The van der Waals surface area contributed by atoms with Gasteiger partial charge in [0.25, 0.3) is 0 Å². The largest absolute Gasteiger partial charge is 1.00 e. The van der Waals surface area contributed by atoms with Gasteiger partial charge in [0.2, 0.25) is 0 Å². The van der Waals surface area contributed by atoms with Crippen molar-refractivity contribution < 1.29 is 83.3 Å². The van der Waals surface area contributed by atoms with Crippen LogP contribution in [0.1, 0.15) is 52.7 Å². The number of nitrogens with two attached hydrogens (primary N) is 4. The van der Waals surface area contributed by atoms with E-state index in [2.05, 4.69) is 6.17 Å². The number of anilines is 2. The van der Waals surface area contributed by atoms with E-state index < -0.39 is 102 Å². The van der Waals surface area contributed by atoms with Crippen molar-refractivity contribution in [3.05, 3.63) is 57.5 Å². The molecule has 0 aromatic heterocycles. The molecule has 2 aromatic rings. The Morgan fingerprint density at radius 3 is 1.83 bits per heavy atom. The summed E-state index contributed by atoms with van der Waals surface area (Å²) in [5.74, 6) is -7.18. The quantitative estimate of drug-likeness (QED) is 0.112. The molecule has 2 atom stereocenters. The van der Waals surface area contributed by atoms with Crippen LogP contribution in [0.15, 0.2) is 36.3 Å². The maximum atomic E-state index is 12.4. The smallest absolute Gasteiger partial charge is 0.870 e. The topological polar surface area (TPSA) is 232 Å². The van der Waals surface area contributed by atoms with Crippen molar-refractivity contribution in [2.45, 2.75) is 24.8 Å². The van der Waals surface area contributed by atoms with Crippen LogP contribution >= 0.6 is 23.2 Å². The van der Waals surface area contributed by atoms with Gasteiger partial charge in [-0.25, -0.2) is 0 Å². The number of aliphatic carboxylic acids is 1. The molecule has 2 rings (SSSR count). The number of carboxylic acid groups (broad SMARTS) is 1. The third kappa shape index (κ3) is 11.4. The SMILES string of the molecule is [2H][O-].[2H]c1cc(C(=O)C([2H])([2H])[C@]([2H])(N)C(=O)O)c(N)c([2H])c1Cl.[2H]c1cc(C(=O)C([2H])([2H])[C@]([2H])(N)C(=O)OC([2H])([2H])[2H])c(N)c([2H])c1Cl.[Na+]. The van der Waals surface area contributed by atoms with E-state index in [-0.39, 0.29) is 39.6 Å². The zero-order chi connectivity index (χ0) is 38.7. The molecule has 14 heteroatoms. The van der Waals surface area contributed by atoms with E-state index >= 15 is 0 Å². The van der Waals surface area contributed by atoms with Crippen LogP contribution < -0.4 is 52.5 Å². The summed E-state index contributed by atoms with van der Waals surface area (Å²) in [5, 5.41) is 8.04. The Labute approximate surface area is 253 Å². The third-order valence-electron chi connectivity index (χ3n) is 3.28. The number of hydrogen-bond acceptors (Lipinski definition) is 10. The van der Waals surface area contributed by atoms with E-state index in [4.69, 9.17) is 74.5 Å². The Hall–Kier alpha value is -2.22. The number of esters is 1. The van der Waals surface area contributed by atoms with Gasteiger partial charge in [-0.2, -0.15) is 0 Å². The minimum Gasteiger partial charge on any atom is -0.870 e. The number of carboxylic acids is 1. The second-order valence-corrected chi connectivity index (χ2v) is 6.30. The average molecular weight is 553 g/mol. The molecule has 2 aromatic carbocycles. The van der Waals surface area contributed by atoms with Crippen molar-refractivity contribution in [2.24, 2.45) is 11.5 Å². The van der Waals surface area contributed by atoms with E-state index in [1.54, 1.807) is 0 Å². The number of ketones is 2. The number of Topliss-reactive ketones (excluding diaryl/α,β-unsaturated/α-hetero) is 2. The zero-order valence-corrected chi connectivity index (χ0v) is 21.1. The van der Waals surface area contributed by atoms with Gasteiger partial charge >= 0.3 is 41.5 Å². The van der Waals surface area contributed by atoms with E-state index in [0.717, 1.165) is 12.1 Å². The summed E-state index contributed by atoms with van der Waals surface area (Å²) in [6.07, 6.45) is -6.82. The van der Waals surface area contributed by atoms with Gasteiger partial charge in [0.05, 0.1) is 19.4 Å². The van der Waals surface area contributed by atoms with Crippen molar-refractivity contribution in [2.75, 3.05) is 18.5 Å². The van der Waals surface area contributed by atoms with E-state index in [0.29, 0.717) is 0 Å². The standard InChI is InChI=1S/C11H13ClN2O3.C10H11ClN2O3.Na.H2O/c1-17-11(16)9(14)5-10(15)7-3-2-6(12)4-8(7)13;11-5-1-2-6(7(12)3-5)9(14)4-8(13)10(15)16;;/h2-4,9H,5,13-14H2,1H3;1-3,8H,4,12-13H2,(H,15,16);;1H2/q;;+1;/p-1/t9-;8-;;/m00../s1/i1D3,2D,4D,5D2,9D;1D,3D,4D2,8D;;/hD. The monoisotopic (exact) mass is 552 g/mol. The van der Waals surface area contributed by atoms with Crippen molar-refractivity contribution in [3.63, 3.8) is 0 Å². The summed E-state index contributed by atoms with van der Waals surface area (Å²) < 4.78 is 104. The molecule has 0 aliphatic carbocycles. The van der Waals surface area contributed by atoms with Gasteiger partial charge in [-0.15, -0.1) is 1.43 Å². The Kier molecular flexibility index (Phi) is 7.76. The first-order valence-electron chi connectivity index (χ1n) is 15.0. The third-order valence-corrected chi connectivity index (χ3v) is 3.69. The second-order valence-electron chi connectivity index (χ2n) is 5.54. The molecule has 0 spiro atoms. The van der Waals surface area contributed by atoms with Gasteiger partial charge < -0.3 is 38.3 Å². The maximum Gasteiger partial charge on any atom is 1.00 e. The second kappa shape index (κ2) is 16.5. The Balaban J connectivity index is 0. The van der Waals surface area contributed by atoms with Crippen molar-refractivity contribution in [3.8, 4) is 0 Å². The van der Waals surface area contributed by atoms with Crippen LogP contribution in [-0.2, 0) is 14.3 Å². The molecule has 0 saturated carbocycles. The molecule has 0 aliphatic rings. The molecule has 0 aliphatic heterocycles. The summed E-state index contributed by atoms with van der Waals surface area (Å²) in [5.41, 5.74) is 26.3. The fourth-order valence-electron chi connectivity index (χ4n) is 1.78. The summed E-state index contributed by atoms with van der Waals surface area (Å²) in [7, 11) is -3.30. The van der Waals surface area contributed by atoms with Crippen LogP contribution in [0.3, 0.4) is 0 Å². The van der Waals surface area contributed by atoms with Crippen molar-refractivity contribution in [1.82, 2.24) is 0 Å². The molecule has 0 amide bonds. The summed E-state index contributed by atoms with van der Waals surface area (Å²) in [6, 6.07) is -7.31. The van der Waals surface area contributed by atoms with Crippen LogP contribution in [0.25, 0.3) is 0 Å². The number of carbonyl (C=O) groups excluding carboxylic acids is 3. The first kappa shape index (κ1) is 16.5. The number of methoxy groups -OCH3 is 1. The summed E-state index contributed by atoms with van der Waals surface area (Å²) in [6.45, 7) is 0. The molecular formula is C21H25Cl2N4NaO7. The van der Waals surface area contributed by atoms with Gasteiger partial charge in [-0.1, -0.05) is 23.2 Å². The minimum atomic E-state index is -3.49. The minimum absolute atomic E-state index is 0. The maximum absolute atomic E-state index is 12.4. The number of carbonyl (C=O) groups is 4. The van der Waals surface area contributed by atoms with Crippen molar-refractivity contribution in [1.29, 1.82) is 0 Å². The number of ether oxygens (including phenoxy) is 1. The van der Waals surface area contributed by atoms with Gasteiger partial charge in [0, 0.05) is 50.8 Å². The Morgan fingerprint density at radius 2 is 1.46 bits per heavy atom. The number of nitrogen functional groups attached to an aromatic ring is 2. The molecule has 11 nitrogen and oxygen atoms in total. The predicted octanol–water partition coefficient (Wildman–Crippen LogP) is -1.27. The Morgan fingerprint density at radius 1 is 1.06 bits per heavy atom. The molecule has 10 N–H and O–H groups in total. The summed E-state index contributed by atoms with van der Waals surface area (Å²) in [4.78, 5) is 47.1. The van der Waals surface area contributed by atoms with Crippen LogP contribution in [-0.4, -0.2) is 53.2 Å². The Bertz CT molecular complexity index is 1620. The first-order valence-corrected chi connectivity index (χ1v) is 8.89. The molecule has 186 valence electrons. The average Bonchev–Trinajstić information content (AvgIpc) is 2.97. The zero-order valence-electron chi connectivity index (χ0n) is 31.6. The van der Waals surface area contributed by atoms with E-state index in [1.165, 1.54) is 0 Å². The van der Waals surface area contributed by atoms with Crippen LogP contribution in [0, 0.1) is 0 Å². The number of halogens is 2. The van der Waals surface area contributed by atoms with E-state index in [9.17, 15) is 19.2 Å². The van der Waals surface area contributed by atoms with Gasteiger partial charge in [-0.05, 0) is 36.3 Å². The number of benzene rings is 2. The molecule has 0 saturated heterocycles. The molecular weight excluding hydrogens is 514 g/mol. The normalized spacial score (nSPS) is 19.9. The molecule has 0 heterocycles. The van der Waals surface area contributed by atoms with E-state index in [1.807, 2.05) is 0 Å². The van der Waals surface area contributed by atoms with Gasteiger partial charge in [0.15, 0.2) is 11.6 Å². The number of hydrogen-bond donors (Lipinski definition) is 5. The van der Waals surface area contributed by atoms with Crippen LogP contribution in [0.4, 0.5) is 11.4 Å². The van der Waals surface area contributed by atoms with Crippen LogP contribution in [0.5, 0.6) is 0 Å². The molecule has 0 bridgehead atoms. The first-order chi connectivity index (χ1) is 21.4.